The molecule has 1 aliphatic heterocycles. The monoisotopic (exact) mass is 241 g/mol. The number of piperidine rings is 1. The quantitative estimate of drug-likeness (QED) is 0.686. The molecule has 1 N–H and O–H groups in total. The summed E-state index contributed by atoms with van der Waals surface area (Å²) in [5.74, 6) is 0. The molecule has 1 rings (SSSR count). The van der Waals surface area contributed by atoms with Crippen molar-refractivity contribution in [1.82, 2.24) is 15.1 Å². The van der Waals surface area contributed by atoms with Gasteiger partial charge in [0.1, 0.15) is 0 Å². The Balaban J connectivity index is 2.06. The highest BCUT2D eigenvalue weighted by atomic mass is 15.2. The Kier molecular flexibility index (Phi) is 7.09. The second-order valence-corrected chi connectivity index (χ2v) is 5.70. The minimum absolute atomic E-state index is 0.670. The molecule has 0 aromatic rings. The minimum atomic E-state index is 0.670. The van der Waals surface area contributed by atoms with E-state index in [4.69, 9.17) is 0 Å². The fourth-order valence-electron chi connectivity index (χ4n) is 2.57. The average molecular weight is 241 g/mol. The number of unbranched alkanes of at least 4 members (excludes halogenated alkanes) is 1. The van der Waals surface area contributed by atoms with Gasteiger partial charge in [-0.3, -0.25) is 0 Å². The van der Waals surface area contributed by atoms with Crippen LogP contribution >= 0.6 is 0 Å². The fraction of sp³-hybridized carbons (Fsp3) is 1.00. The lowest BCUT2D eigenvalue weighted by Gasteiger charge is -2.35. The van der Waals surface area contributed by atoms with Gasteiger partial charge in [0.2, 0.25) is 0 Å². The minimum Gasteiger partial charge on any atom is -0.317 e. The van der Waals surface area contributed by atoms with Crippen molar-refractivity contribution < 1.29 is 0 Å². The van der Waals surface area contributed by atoms with Gasteiger partial charge in [0, 0.05) is 12.1 Å². The Morgan fingerprint density at radius 3 is 2.53 bits per heavy atom. The lowest BCUT2D eigenvalue weighted by molar-refractivity contribution is 0.142. The van der Waals surface area contributed by atoms with Gasteiger partial charge in [-0.1, -0.05) is 6.42 Å². The topological polar surface area (TPSA) is 18.5 Å². The van der Waals surface area contributed by atoms with E-state index in [1.54, 1.807) is 0 Å². The van der Waals surface area contributed by atoms with Crippen LogP contribution in [0, 0.1) is 0 Å². The predicted molar refractivity (Wildman–Crippen MR) is 75.5 cm³/mol. The van der Waals surface area contributed by atoms with Crippen LogP contribution in [0.1, 0.15) is 39.0 Å². The molecule has 1 heterocycles. The molecule has 3 nitrogen and oxygen atoms in total. The van der Waals surface area contributed by atoms with E-state index < -0.39 is 0 Å². The number of nitrogens with zero attached hydrogens (tertiary/aromatic N) is 2. The van der Waals surface area contributed by atoms with Gasteiger partial charge in [-0.05, 0) is 73.4 Å². The van der Waals surface area contributed by atoms with E-state index in [0.29, 0.717) is 6.04 Å². The van der Waals surface area contributed by atoms with Crippen molar-refractivity contribution in [2.24, 2.45) is 0 Å². The molecule has 1 atom stereocenters. The summed E-state index contributed by atoms with van der Waals surface area (Å²) in [6, 6.07) is 1.50. The number of nitrogens with one attached hydrogen (secondary N) is 1. The number of likely N-dealkylation sites (tertiary alicyclic amines) is 1. The lowest BCUT2D eigenvalue weighted by atomic mass is 10.0. The van der Waals surface area contributed by atoms with Crippen molar-refractivity contribution in [3.8, 4) is 0 Å². The first kappa shape index (κ1) is 14.9. The van der Waals surface area contributed by atoms with Crippen molar-refractivity contribution in [3.05, 3.63) is 0 Å². The van der Waals surface area contributed by atoms with Crippen molar-refractivity contribution in [2.75, 3.05) is 40.8 Å². The summed E-state index contributed by atoms with van der Waals surface area (Å²) in [7, 11) is 6.59. The maximum atomic E-state index is 3.30. The third kappa shape index (κ3) is 5.84. The normalized spacial score (nSPS) is 21.0. The molecule has 0 aromatic heterocycles. The van der Waals surface area contributed by atoms with E-state index in [9.17, 15) is 0 Å². The van der Waals surface area contributed by atoms with Crippen LogP contribution in [0.4, 0.5) is 0 Å². The van der Waals surface area contributed by atoms with Gasteiger partial charge >= 0.3 is 0 Å². The Labute approximate surface area is 108 Å². The second kappa shape index (κ2) is 8.06. The zero-order valence-electron chi connectivity index (χ0n) is 12.2. The van der Waals surface area contributed by atoms with Gasteiger partial charge in [0.25, 0.3) is 0 Å². The van der Waals surface area contributed by atoms with Crippen LogP contribution in [0.3, 0.4) is 0 Å². The van der Waals surface area contributed by atoms with Gasteiger partial charge in [-0.2, -0.15) is 0 Å². The molecular formula is C14H31N3. The Bertz CT molecular complexity index is 188. The molecule has 0 saturated carbocycles. The van der Waals surface area contributed by atoms with Crippen molar-refractivity contribution in [2.45, 2.75) is 51.1 Å². The van der Waals surface area contributed by atoms with E-state index in [0.717, 1.165) is 6.04 Å². The van der Waals surface area contributed by atoms with E-state index in [-0.39, 0.29) is 0 Å². The zero-order chi connectivity index (χ0) is 12.7. The first-order chi connectivity index (χ1) is 8.13. The second-order valence-electron chi connectivity index (χ2n) is 5.70. The van der Waals surface area contributed by atoms with Gasteiger partial charge in [0.15, 0.2) is 0 Å². The van der Waals surface area contributed by atoms with Crippen molar-refractivity contribution >= 4 is 0 Å². The summed E-state index contributed by atoms with van der Waals surface area (Å²) < 4.78 is 0. The van der Waals surface area contributed by atoms with Crippen LogP contribution in [0.25, 0.3) is 0 Å². The SMILES string of the molecule is CNC(C)CCCCN(C)C1CCN(C)CC1. The lowest BCUT2D eigenvalue weighted by Crippen LogP contribution is -2.42. The first-order valence-electron chi connectivity index (χ1n) is 7.19. The molecule has 0 radical (unpaired) electrons. The molecule has 0 amide bonds. The third-order valence-corrected chi connectivity index (χ3v) is 4.20. The Morgan fingerprint density at radius 1 is 1.29 bits per heavy atom. The largest absolute Gasteiger partial charge is 0.317 e. The molecule has 1 fully saturated rings. The highest BCUT2D eigenvalue weighted by Gasteiger charge is 2.19. The molecular weight excluding hydrogens is 210 g/mol. The molecule has 1 saturated heterocycles. The molecule has 0 spiro atoms. The number of hydrogen-bond acceptors (Lipinski definition) is 3. The fourth-order valence-corrected chi connectivity index (χ4v) is 2.57. The number of rotatable bonds is 7. The van der Waals surface area contributed by atoms with Crippen LogP contribution in [0.2, 0.25) is 0 Å². The number of hydrogen-bond donors (Lipinski definition) is 1. The molecule has 17 heavy (non-hydrogen) atoms. The summed E-state index contributed by atoms with van der Waals surface area (Å²) in [5.41, 5.74) is 0. The van der Waals surface area contributed by atoms with Gasteiger partial charge < -0.3 is 15.1 Å². The smallest absolute Gasteiger partial charge is 0.0117 e. The maximum Gasteiger partial charge on any atom is 0.0117 e. The third-order valence-electron chi connectivity index (χ3n) is 4.20. The summed E-state index contributed by atoms with van der Waals surface area (Å²) in [5, 5.41) is 3.30. The summed E-state index contributed by atoms with van der Waals surface area (Å²) in [4.78, 5) is 5.02. The molecule has 3 heteroatoms. The van der Waals surface area contributed by atoms with Crippen LogP contribution in [0.15, 0.2) is 0 Å². The van der Waals surface area contributed by atoms with Gasteiger partial charge in [0.05, 0.1) is 0 Å². The molecule has 0 aromatic carbocycles. The average Bonchev–Trinajstić information content (AvgIpc) is 2.34. The Hall–Kier alpha value is -0.120. The first-order valence-corrected chi connectivity index (χ1v) is 7.19. The van der Waals surface area contributed by atoms with E-state index >= 15 is 0 Å². The van der Waals surface area contributed by atoms with Gasteiger partial charge in [-0.15, -0.1) is 0 Å². The van der Waals surface area contributed by atoms with Crippen LogP contribution in [-0.2, 0) is 0 Å². The summed E-state index contributed by atoms with van der Waals surface area (Å²) in [6.07, 6.45) is 6.69. The summed E-state index contributed by atoms with van der Waals surface area (Å²) in [6.45, 7) is 6.07. The maximum absolute atomic E-state index is 3.30. The van der Waals surface area contributed by atoms with Crippen molar-refractivity contribution in [1.29, 1.82) is 0 Å². The molecule has 0 bridgehead atoms. The van der Waals surface area contributed by atoms with Crippen LogP contribution in [0.5, 0.6) is 0 Å². The van der Waals surface area contributed by atoms with Crippen molar-refractivity contribution in [3.63, 3.8) is 0 Å². The molecule has 102 valence electrons. The van der Waals surface area contributed by atoms with Gasteiger partial charge in [-0.25, -0.2) is 0 Å². The summed E-state index contributed by atoms with van der Waals surface area (Å²) >= 11 is 0. The highest BCUT2D eigenvalue weighted by molar-refractivity contribution is 4.76. The molecule has 1 unspecified atom stereocenters. The van der Waals surface area contributed by atoms with Crippen LogP contribution < -0.4 is 5.32 Å². The van der Waals surface area contributed by atoms with E-state index in [1.807, 2.05) is 0 Å². The zero-order valence-corrected chi connectivity index (χ0v) is 12.2. The van der Waals surface area contributed by atoms with E-state index in [2.05, 4.69) is 43.2 Å². The molecule has 0 aliphatic carbocycles. The predicted octanol–water partition coefficient (Wildman–Crippen LogP) is 1.79. The van der Waals surface area contributed by atoms with Crippen LogP contribution in [-0.4, -0.2) is 62.7 Å². The Morgan fingerprint density at radius 2 is 1.94 bits per heavy atom. The molecule has 1 aliphatic rings. The highest BCUT2D eigenvalue weighted by Crippen LogP contribution is 2.14. The van der Waals surface area contributed by atoms with E-state index in [1.165, 1.54) is 51.7 Å². The standard InChI is InChI=1S/C14H31N3/c1-13(15-2)7-5-6-10-17(4)14-8-11-16(3)12-9-14/h13-15H,5-12H2,1-4H3.